The molecule has 8 heteroatoms. The Morgan fingerprint density at radius 1 is 1.35 bits per heavy atom. The van der Waals surface area contributed by atoms with Crippen LogP contribution in [-0.4, -0.2) is 27.5 Å². The molecule has 7 nitrogen and oxygen atoms in total. The van der Waals surface area contributed by atoms with Crippen molar-refractivity contribution in [1.29, 1.82) is 0 Å². The summed E-state index contributed by atoms with van der Waals surface area (Å²) in [6, 6.07) is 3.30. The zero-order valence-corrected chi connectivity index (χ0v) is 16.8. The Hall–Kier alpha value is -2.06. The molecule has 0 aliphatic carbocycles. The fourth-order valence-electron chi connectivity index (χ4n) is 3.03. The first-order valence-electron chi connectivity index (χ1n) is 8.07. The number of hydrogen-bond acceptors (Lipinski definition) is 6. The van der Waals surface area contributed by atoms with Crippen LogP contribution in [0.2, 0.25) is 0 Å². The first-order chi connectivity index (χ1) is 11.9. The van der Waals surface area contributed by atoms with E-state index in [1.807, 2.05) is 0 Å². The summed E-state index contributed by atoms with van der Waals surface area (Å²) in [4.78, 5) is 24.6. The van der Waals surface area contributed by atoms with Crippen LogP contribution in [0.5, 0.6) is 5.88 Å². The number of ether oxygens (including phenoxy) is 3. The number of cyclic esters (lactones) is 1. The summed E-state index contributed by atoms with van der Waals surface area (Å²) in [7, 11) is 0. The minimum Gasteiger partial charge on any atom is -0.438 e. The maximum Gasteiger partial charge on any atom is 0.515 e. The lowest BCUT2D eigenvalue weighted by atomic mass is 9.93. The van der Waals surface area contributed by atoms with E-state index in [1.165, 1.54) is 10.6 Å². The molecule has 140 valence electrons. The van der Waals surface area contributed by atoms with Gasteiger partial charge in [0.05, 0.1) is 12.1 Å². The number of aromatic nitrogens is 1. The summed E-state index contributed by atoms with van der Waals surface area (Å²) in [6.07, 6.45) is -1.60. The lowest BCUT2D eigenvalue weighted by Gasteiger charge is -2.32. The molecule has 3 rings (SSSR count). The van der Waals surface area contributed by atoms with Crippen molar-refractivity contribution in [2.24, 2.45) is 0 Å². The summed E-state index contributed by atoms with van der Waals surface area (Å²) in [6.45, 7) is 8.44. The van der Waals surface area contributed by atoms with Gasteiger partial charge in [0, 0.05) is 21.5 Å². The number of rotatable bonds is 2. The van der Waals surface area contributed by atoms with Crippen LogP contribution in [0.1, 0.15) is 45.7 Å². The quantitative estimate of drug-likeness (QED) is 0.715. The van der Waals surface area contributed by atoms with Gasteiger partial charge in [0.1, 0.15) is 11.2 Å². The van der Waals surface area contributed by atoms with E-state index in [2.05, 4.69) is 15.9 Å². The minimum atomic E-state index is -0.930. The molecule has 1 aromatic heterocycles. The second-order valence-corrected chi connectivity index (χ2v) is 8.43. The summed E-state index contributed by atoms with van der Waals surface area (Å²) < 4.78 is 17.8. The van der Waals surface area contributed by atoms with E-state index in [0.717, 1.165) is 5.56 Å². The molecule has 2 aromatic rings. The van der Waals surface area contributed by atoms with Gasteiger partial charge in [0.15, 0.2) is 0 Å². The number of carbonyl (C=O) groups is 2. The predicted octanol–water partition coefficient (Wildman–Crippen LogP) is 4.44. The molecule has 0 saturated heterocycles. The molecule has 1 N–H and O–H groups in total. The second-order valence-electron chi connectivity index (χ2n) is 7.58. The molecule has 0 radical (unpaired) electrons. The van der Waals surface area contributed by atoms with Gasteiger partial charge in [-0.1, -0.05) is 15.9 Å². The molecule has 0 unspecified atom stereocenters. The largest absolute Gasteiger partial charge is 0.515 e. The Morgan fingerprint density at radius 3 is 2.58 bits per heavy atom. The molecule has 1 aliphatic rings. The van der Waals surface area contributed by atoms with Gasteiger partial charge in [-0.05, 0) is 46.2 Å². The number of carbonyl (C=O) groups excluding carboxylic acids is 2. The molecule has 1 aliphatic heterocycles. The summed E-state index contributed by atoms with van der Waals surface area (Å²) in [5, 5.41) is 10.3. The van der Waals surface area contributed by atoms with Crippen molar-refractivity contribution in [1.82, 2.24) is 4.57 Å². The lowest BCUT2D eigenvalue weighted by Crippen LogP contribution is -2.35. The van der Waals surface area contributed by atoms with E-state index in [9.17, 15) is 14.7 Å². The predicted molar refractivity (Wildman–Crippen MR) is 97.3 cm³/mol. The number of hydrogen-bond donors (Lipinski definition) is 1. The molecule has 2 heterocycles. The molecule has 0 bridgehead atoms. The zero-order chi connectivity index (χ0) is 19.4. The van der Waals surface area contributed by atoms with Gasteiger partial charge >= 0.3 is 12.2 Å². The van der Waals surface area contributed by atoms with Gasteiger partial charge in [-0.3, -0.25) is 0 Å². The highest BCUT2D eigenvalue weighted by molar-refractivity contribution is 9.10. The highest BCUT2D eigenvalue weighted by Crippen LogP contribution is 2.45. The molecule has 0 fully saturated rings. The van der Waals surface area contributed by atoms with Crippen LogP contribution in [0.25, 0.3) is 10.9 Å². The van der Waals surface area contributed by atoms with Crippen molar-refractivity contribution in [2.75, 3.05) is 0 Å². The summed E-state index contributed by atoms with van der Waals surface area (Å²) >= 11 is 3.48. The van der Waals surface area contributed by atoms with E-state index in [-0.39, 0.29) is 12.5 Å². The van der Waals surface area contributed by atoms with Crippen molar-refractivity contribution in [3.63, 3.8) is 0 Å². The van der Waals surface area contributed by atoms with Crippen molar-refractivity contribution in [3.05, 3.63) is 27.7 Å². The number of aliphatic hydroxyl groups excluding tert-OH is 1. The van der Waals surface area contributed by atoms with Crippen LogP contribution in [0.15, 0.2) is 16.6 Å². The van der Waals surface area contributed by atoms with Crippen LogP contribution >= 0.6 is 15.9 Å². The molecule has 0 amide bonds. The Labute approximate surface area is 159 Å². The summed E-state index contributed by atoms with van der Waals surface area (Å²) in [5.74, 6) is -0.0243. The van der Waals surface area contributed by atoms with Gasteiger partial charge in [-0.25, -0.2) is 14.2 Å². The molecule has 0 spiro atoms. The third-order valence-corrected chi connectivity index (χ3v) is 4.59. The van der Waals surface area contributed by atoms with Crippen LogP contribution < -0.4 is 4.74 Å². The van der Waals surface area contributed by atoms with Crippen LogP contribution in [-0.2, 0) is 21.7 Å². The normalized spacial score (nSPS) is 15.7. The monoisotopic (exact) mass is 425 g/mol. The van der Waals surface area contributed by atoms with Crippen LogP contribution in [0.4, 0.5) is 9.59 Å². The van der Waals surface area contributed by atoms with E-state index in [0.29, 0.717) is 20.9 Å². The fourth-order valence-corrected chi connectivity index (χ4v) is 3.97. The minimum absolute atomic E-state index is 0.0243. The Morgan fingerprint density at radius 2 is 2.00 bits per heavy atom. The highest BCUT2D eigenvalue weighted by Gasteiger charge is 2.39. The van der Waals surface area contributed by atoms with Gasteiger partial charge in [-0.2, -0.15) is 0 Å². The zero-order valence-electron chi connectivity index (χ0n) is 15.2. The van der Waals surface area contributed by atoms with Crippen molar-refractivity contribution in [2.45, 2.75) is 52.4 Å². The molecule has 0 atom stereocenters. The average molecular weight is 426 g/mol. The van der Waals surface area contributed by atoms with Gasteiger partial charge in [0.2, 0.25) is 5.88 Å². The topological polar surface area (TPSA) is 87.0 Å². The maximum absolute atomic E-state index is 12.6. The maximum atomic E-state index is 12.6. The van der Waals surface area contributed by atoms with Gasteiger partial charge in [0.25, 0.3) is 0 Å². The van der Waals surface area contributed by atoms with Crippen molar-refractivity contribution < 1.29 is 28.9 Å². The van der Waals surface area contributed by atoms with E-state index >= 15 is 0 Å². The highest BCUT2D eigenvalue weighted by atomic mass is 79.9. The molecular weight excluding hydrogens is 406 g/mol. The van der Waals surface area contributed by atoms with Crippen LogP contribution in [0, 0.1) is 0 Å². The van der Waals surface area contributed by atoms with E-state index in [4.69, 9.17) is 14.2 Å². The van der Waals surface area contributed by atoms with Gasteiger partial charge < -0.3 is 19.3 Å². The van der Waals surface area contributed by atoms with E-state index in [1.54, 1.807) is 40.7 Å². The Balaban J connectivity index is 2.22. The Bertz CT molecular complexity index is 922. The number of aliphatic hydroxyl groups is 1. The first-order valence-corrected chi connectivity index (χ1v) is 8.86. The lowest BCUT2D eigenvalue weighted by molar-refractivity contribution is 0.0163. The average Bonchev–Trinajstić information content (AvgIpc) is 2.81. The van der Waals surface area contributed by atoms with Crippen LogP contribution in [0.3, 0.4) is 0 Å². The SMILES string of the molecule is CC(C)(C)OC(=O)Oc1cc2c(CO)cc(Br)c3c2n1C(=O)OC3(C)C. The smallest absolute Gasteiger partial charge is 0.438 e. The number of nitrogens with zero attached hydrogens (tertiary/aromatic N) is 1. The molecule has 26 heavy (non-hydrogen) atoms. The fraction of sp³-hybridized carbons (Fsp3) is 0.444. The molecular formula is C18H20BrNO6. The molecule has 1 aromatic carbocycles. The first kappa shape index (κ1) is 18.7. The second kappa shape index (κ2) is 5.99. The summed E-state index contributed by atoms with van der Waals surface area (Å²) in [5.41, 5.74) is 0.220. The number of benzene rings is 1. The molecule has 0 saturated carbocycles. The van der Waals surface area contributed by atoms with E-state index < -0.39 is 23.5 Å². The van der Waals surface area contributed by atoms with Gasteiger partial charge in [-0.15, -0.1) is 0 Å². The standard InChI is InChI=1S/C18H20BrNO6/c1-17(2,3)26-16(23)24-12-7-10-9(8-21)6-11(19)13-14(10)20(12)15(22)25-18(13,4)5/h6-7,21H,8H2,1-5H3. The van der Waals surface area contributed by atoms with Crippen molar-refractivity contribution >= 4 is 39.1 Å². The third-order valence-electron chi connectivity index (χ3n) is 3.96. The third kappa shape index (κ3) is 3.07. The Kier molecular flexibility index (Phi) is 4.31. The number of halogens is 1. The van der Waals surface area contributed by atoms with Crippen molar-refractivity contribution in [3.8, 4) is 5.88 Å².